The van der Waals surface area contributed by atoms with Crippen molar-refractivity contribution in [1.29, 1.82) is 0 Å². The van der Waals surface area contributed by atoms with Gasteiger partial charge in [-0.1, -0.05) is 58.0 Å². The van der Waals surface area contributed by atoms with Gasteiger partial charge in [-0.3, -0.25) is 9.36 Å². The van der Waals surface area contributed by atoms with Crippen LogP contribution < -0.4 is 0 Å². The molecular formula is C15H21O2P. The van der Waals surface area contributed by atoms with E-state index in [-0.39, 0.29) is 25.6 Å². The Kier molecular flexibility index (Phi) is 5.22. The molecule has 0 N–H and O–H groups in total. The quantitative estimate of drug-likeness (QED) is 0.575. The number of carbonyl (C=O) groups is 1. The fraction of sp³-hybridized carbons (Fsp3) is 0.533. The van der Waals surface area contributed by atoms with Gasteiger partial charge in [0.15, 0.2) is 14.2 Å². The molecule has 0 fully saturated rings. The van der Waals surface area contributed by atoms with Crippen molar-refractivity contribution in [2.45, 2.75) is 39.8 Å². The van der Waals surface area contributed by atoms with Crippen LogP contribution in [0, 0.1) is 11.3 Å². The molecule has 2 atom stereocenters. The minimum Gasteiger partial charge on any atom is -0.293 e. The van der Waals surface area contributed by atoms with E-state index in [1.165, 1.54) is 0 Å². The fourth-order valence-corrected chi connectivity index (χ4v) is 2.82. The van der Waals surface area contributed by atoms with Gasteiger partial charge < -0.3 is 0 Å². The molecule has 0 bridgehead atoms. The first kappa shape index (κ1) is 15.0. The number of Topliss-reactive ketones (excluding diaryl/α,β-unsaturated/α-hetero) is 1. The molecule has 0 aliphatic heterocycles. The molecule has 1 rings (SSSR count). The monoisotopic (exact) mass is 264 g/mol. The lowest BCUT2D eigenvalue weighted by molar-refractivity contribution is 0.0961. The second-order valence-electron chi connectivity index (χ2n) is 6.02. The highest BCUT2D eigenvalue weighted by atomic mass is 31.1. The zero-order valence-corrected chi connectivity index (χ0v) is 12.4. The van der Waals surface area contributed by atoms with E-state index in [1.807, 2.05) is 25.1 Å². The van der Waals surface area contributed by atoms with Gasteiger partial charge in [0.25, 0.3) is 0 Å². The number of hydrogen-bond acceptors (Lipinski definition) is 2. The van der Waals surface area contributed by atoms with Gasteiger partial charge in [0.2, 0.25) is 0 Å². The summed E-state index contributed by atoms with van der Waals surface area (Å²) in [6.45, 7) is 8.40. The van der Waals surface area contributed by atoms with Crippen LogP contribution in [-0.2, 0) is 4.57 Å². The molecule has 2 nitrogen and oxygen atoms in total. The third kappa shape index (κ3) is 4.34. The summed E-state index contributed by atoms with van der Waals surface area (Å²) in [6, 6.07) is 9.11. The molecule has 0 aliphatic rings. The smallest absolute Gasteiger partial charge is 0.177 e. The van der Waals surface area contributed by atoms with Crippen LogP contribution >= 0.6 is 8.46 Å². The maximum atomic E-state index is 12.3. The molecule has 0 aliphatic carbocycles. The largest absolute Gasteiger partial charge is 0.293 e. The summed E-state index contributed by atoms with van der Waals surface area (Å²) in [5, 5.41) is 0. The molecule has 98 valence electrons. The summed E-state index contributed by atoms with van der Waals surface area (Å²) >= 11 is 0. The van der Waals surface area contributed by atoms with Crippen LogP contribution in [0.25, 0.3) is 0 Å². The zero-order chi connectivity index (χ0) is 13.8. The molecular weight excluding hydrogens is 243 g/mol. The highest BCUT2D eigenvalue weighted by Gasteiger charge is 2.29. The number of carbonyl (C=O) groups excluding carboxylic acids is 1. The Labute approximate surface area is 111 Å². The van der Waals surface area contributed by atoms with Gasteiger partial charge >= 0.3 is 0 Å². The predicted octanol–water partition coefficient (Wildman–Crippen LogP) is 4.60. The summed E-state index contributed by atoms with van der Waals surface area (Å²) < 4.78 is 11.3. The molecule has 0 aromatic heterocycles. The third-order valence-corrected chi connectivity index (χ3v) is 3.88. The second-order valence-corrected chi connectivity index (χ2v) is 6.79. The Morgan fingerprint density at radius 1 is 1.22 bits per heavy atom. The molecule has 0 spiro atoms. The van der Waals surface area contributed by atoms with Crippen LogP contribution in [0.15, 0.2) is 30.3 Å². The van der Waals surface area contributed by atoms with Crippen molar-refractivity contribution in [3.8, 4) is 0 Å². The van der Waals surface area contributed by atoms with Gasteiger partial charge in [-0.2, -0.15) is 0 Å². The number of hydrogen-bond donors (Lipinski definition) is 0. The number of ketones is 1. The van der Waals surface area contributed by atoms with Crippen LogP contribution in [0.1, 0.15) is 44.5 Å². The molecule has 1 aromatic carbocycles. The topological polar surface area (TPSA) is 34.1 Å². The van der Waals surface area contributed by atoms with Gasteiger partial charge in [0.1, 0.15) is 5.66 Å². The van der Waals surface area contributed by atoms with Crippen molar-refractivity contribution < 1.29 is 9.36 Å². The van der Waals surface area contributed by atoms with E-state index < -0.39 is 5.66 Å². The molecule has 1 aromatic rings. The van der Waals surface area contributed by atoms with E-state index >= 15 is 0 Å². The Balaban J connectivity index is 2.84. The first-order valence-corrected chi connectivity index (χ1v) is 7.15. The van der Waals surface area contributed by atoms with E-state index in [4.69, 9.17) is 0 Å². The van der Waals surface area contributed by atoms with Crippen molar-refractivity contribution in [3.63, 3.8) is 0 Å². The van der Waals surface area contributed by atoms with Crippen LogP contribution in [-0.4, -0.2) is 11.4 Å². The average Bonchev–Trinajstić information content (AvgIpc) is 2.28. The normalized spacial score (nSPS) is 15.3. The molecule has 0 saturated heterocycles. The lowest BCUT2D eigenvalue weighted by atomic mass is 9.82. The Morgan fingerprint density at radius 2 is 1.78 bits per heavy atom. The van der Waals surface area contributed by atoms with Gasteiger partial charge in [-0.25, -0.2) is 0 Å². The fourth-order valence-electron chi connectivity index (χ4n) is 2.26. The molecule has 0 heterocycles. The van der Waals surface area contributed by atoms with Crippen molar-refractivity contribution in [1.82, 2.24) is 0 Å². The molecule has 18 heavy (non-hydrogen) atoms. The number of rotatable bonds is 5. The lowest BCUT2D eigenvalue weighted by Crippen LogP contribution is -2.26. The van der Waals surface area contributed by atoms with Gasteiger partial charge in [-0.05, 0) is 17.8 Å². The minimum atomic E-state index is -0.438. The van der Waals surface area contributed by atoms with E-state index in [0.29, 0.717) is 5.56 Å². The Morgan fingerprint density at radius 3 is 2.22 bits per heavy atom. The number of benzene rings is 1. The highest BCUT2D eigenvalue weighted by molar-refractivity contribution is 7.26. The lowest BCUT2D eigenvalue weighted by Gasteiger charge is -2.25. The first-order chi connectivity index (χ1) is 8.35. The van der Waals surface area contributed by atoms with E-state index in [0.717, 1.165) is 6.42 Å². The van der Waals surface area contributed by atoms with Crippen molar-refractivity contribution in [2.75, 3.05) is 0 Å². The maximum absolute atomic E-state index is 12.3. The van der Waals surface area contributed by atoms with Crippen LogP contribution in [0.5, 0.6) is 0 Å². The molecule has 2 unspecified atom stereocenters. The summed E-state index contributed by atoms with van der Waals surface area (Å²) in [6.07, 6.45) is 0.880. The van der Waals surface area contributed by atoms with Gasteiger partial charge in [0, 0.05) is 5.56 Å². The summed E-state index contributed by atoms with van der Waals surface area (Å²) in [5.74, 6) is 0.0842. The minimum absolute atomic E-state index is 0.0241. The van der Waals surface area contributed by atoms with Crippen LogP contribution in [0.3, 0.4) is 0 Å². The summed E-state index contributed by atoms with van der Waals surface area (Å²) in [5.41, 5.74) is 0.345. The first-order valence-electron chi connectivity index (χ1n) is 6.27. The van der Waals surface area contributed by atoms with E-state index in [2.05, 4.69) is 20.8 Å². The molecule has 0 radical (unpaired) electrons. The zero-order valence-electron chi connectivity index (χ0n) is 11.5. The Hall–Kier alpha value is -1.01. The predicted molar refractivity (Wildman–Crippen MR) is 75.4 cm³/mol. The van der Waals surface area contributed by atoms with E-state index in [1.54, 1.807) is 12.1 Å². The SMILES string of the molecule is CC(CC(C)(C)C)C(P=O)C(=O)c1ccccc1. The average molecular weight is 264 g/mol. The second kappa shape index (κ2) is 6.24. The Bertz CT molecular complexity index is 406. The van der Waals surface area contributed by atoms with E-state index in [9.17, 15) is 9.36 Å². The standard InChI is InChI=1S/C15H21O2P/c1-11(10-15(2,3)4)14(18-17)13(16)12-8-6-5-7-9-12/h5-9,11,14H,10H2,1-4H3. The summed E-state index contributed by atoms with van der Waals surface area (Å²) in [7, 11) is -0.0782. The molecule has 0 amide bonds. The molecule has 3 heteroatoms. The maximum Gasteiger partial charge on any atom is 0.177 e. The van der Waals surface area contributed by atoms with Gasteiger partial charge in [-0.15, -0.1) is 0 Å². The van der Waals surface area contributed by atoms with Crippen molar-refractivity contribution in [3.05, 3.63) is 35.9 Å². The highest BCUT2D eigenvalue weighted by Crippen LogP contribution is 2.32. The van der Waals surface area contributed by atoms with Crippen LogP contribution in [0.4, 0.5) is 0 Å². The molecule has 0 saturated carbocycles. The summed E-state index contributed by atoms with van der Waals surface area (Å²) in [4.78, 5) is 12.3. The van der Waals surface area contributed by atoms with Crippen molar-refractivity contribution in [2.24, 2.45) is 11.3 Å². The van der Waals surface area contributed by atoms with Crippen molar-refractivity contribution >= 4 is 14.2 Å². The third-order valence-electron chi connectivity index (χ3n) is 2.91. The van der Waals surface area contributed by atoms with Crippen LogP contribution in [0.2, 0.25) is 0 Å². The van der Waals surface area contributed by atoms with Gasteiger partial charge in [0.05, 0.1) is 0 Å².